The third-order valence-corrected chi connectivity index (χ3v) is 3.21. The zero-order chi connectivity index (χ0) is 15.4. The third-order valence-electron chi connectivity index (χ3n) is 3.21. The van der Waals surface area contributed by atoms with Gasteiger partial charge >= 0.3 is 0 Å². The van der Waals surface area contributed by atoms with Crippen molar-refractivity contribution < 1.29 is 4.79 Å². The Labute approximate surface area is 124 Å². The third kappa shape index (κ3) is 3.72. The van der Waals surface area contributed by atoms with Crippen molar-refractivity contribution in [2.45, 2.75) is 13.8 Å². The van der Waals surface area contributed by atoms with Crippen LogP contribution in [-0.4, -0.2) is 30.2 Å². The lowest BCUT2D eigenvalue weighted by molar-refractivity contribution is -0.111. The highest BCUT2D eigenvalue weighted by molar-refractivity contribution is 6.02. The number of carbonyl (C=O) groups is 1. The number of hydrogen-bond donors (Lipinski definition) is 2. The molecule has 21 heavy (non-hydrogen) atoms. The van der Waals surface area contributed by atoms with Gasteiger partial charge in [0.25, 0.3) is 0 Å². The van der Waals surface area contributed by atoms with E-state index in [0.717, 1.165) is 28.3 Å². The van der Waals surface area contributed by atoms with Gasteiger partial charge in [-0.25, -0.2) is 0 Å². The largest absolute Gasteiger partial charge is 0.378 e. The Morgan fingerprint density at radius 1 is 1.24 bits per heavy atom. The molecule has 0 radical (unpaired) electrons. The number of nitrogens with one attached hydrogen (secondary N) is 2. The van der Waals surface area contributed by atoms with Crippen LogP contribution in [0.2, 0.25) is 0 Å². The number of hydrogen-bond acceptors (Lipinski definition) is 3. The SMILES string of the molecule is Cc1n[nH]c(C)c1NC(=O)/C=C/c1ccc(N(C)C)cc1. The summed E-state index contributed by atoms with van der Waals surface area (Å²) >= 11 is 0. The summed E-state index contributed by atoms with van der Waals surface area (Å²) in [5.41, 5.74) is 4.49. The van der Waals surface area contributed by atoms with Crippen molar-refractivity contribution >= 4 is 23.4 Å². The summed E-state index contributed by atoms with van der Waals surface area (Å²) in [4.78, 5) is 13.9. The summed E-state index contributed by atoms with van der Waals surface area (Å²) in [6.07, 6.45) is 3.32. The Morgan fingerprint density at radius 3 is 2.43 bits per heavy atom. The first kappa shape index (κ1) is 14.8. The monoisotopic (exact) mass is 284 g/mol. The number of aromatic amines is 1. The minimum atomic E-state index is -0.167. The molecule has 0 bridgehead atoms. The van der Waals surface area contributed by atoms with Crippen LogP contribution in [0, 0.1) is 13.8 Å². The normalized spacial score (nSPS) is 10.9. The Morgan fingerprint density at radius 2 is 1.90 bits per heavy atom. The molecule has 0 saturated heterocycles. The second kappa shape index (κ2) is 6.26. The van der Waals surface area contributed by atoms with Crippen molar-refractivity contribution in [2.75, 3.05) is 24.3 Å². The van der Waals surface area contributed by atoms with Gasteiger partial charge < -0.3 is 10.2 Å². The minimum Gasteiger partial charge on any atom is -0.378 e. The van der Waals surface area contributed by atoms with E-state index in [1.165, 1.54) is 6.08 Å². The lowest BCUT2D eigenvalue weighted by atomic mass is 10.2. The van der Waals surface area contributed by atoms with Gasteiger partial charge in [-0.3, -0.25) is 9.89 Å². The highest BCUT2D eigenvalue weighted by Crippen LogP contribution is 2.16. The molecule has 5 heteroatoms. The van der Waals surface area contributed by atoms with Crippen molar-refractivity contribution in [3.63, 3.8) is 0 Å². The van der Waals surface area contributed by atoms with Gasteiger partial charge in [0.2, 0.25) is 5.91 Å². The van der Waals surface area contributed by atoms with Crippen molar-refractivity contribution in [2.24, 2.45) is 0 Å². The Kier molecular flexibility index (Phi) is 4.42. The molecule has 110 valence electrons. The molecule has 0 aliphatic heterocycles. The van der Waals surface area contributed by atoms with E-state index < -0.39 is 0 Å². The quantitative estimate of drug-likeness (QED) is 0.849. The van der Waals surface area contributed by atoms with Gasteiger partial charge in [-0.2, -0.15) is 5.10 Å². The predicted molar refractivity (Wildman–Crippen MR) is 86.5 cm³/mol. The average molecular weight is 284 g/mol. The highest BCUT2D eigenvalue weighted by atomic mass is 16.1. The fourth-order valence-corrected chi connectivity index (χ4v) is 1.96. The molecule has 0 saturated carbocycles. The lowest BCUT2D eigenvalue weighted by Gasteiger charge is -2.11. The van der Waals surface area contributed by atoms with E-state index in [4.69, 9.17) is 0 Å². The van der Waals surface area contributed by atoms with Crippen LogP contribution in [0.15, 0.2) is 30.3 Å². The van der Waals surface area contributed by atoms with Gasteiger partial charge in [-0.15, -0.1) is 0 Å². The van der Waals surface area contributed by atoms with Crippen molar-refractivity contribution in [3.8, 4) is 0 Å². The lowest BCUT2D eigenvalue weighted by Crippen LogP contribution is -2.09. The van der Waals surface area contributed by atoms with E-state index in [1.54, 1.807) is 6.08 Å². The molecular formula is C16H20N4O. The molecule has 1 aromatic heterocycles. The Balaban J connectivity index is 2.02. The maximum absolute atomic E-state index is 11.9. The van der Waals surface area contributed by atoms with Crippen LogP contribution in [0.3, 0.4) is 0 Å². The summed E-state index contributed by atoms with van der Waals surface area (Å²) in [5, 5.41) is 9.72. The molecule has 0 atom stereocenters. The van der Waals surface area contributed by atoms with Crippen molar-refractivity contribution in [1.29, 1.82) is 0 Å². The number of rotatable bonds is 4. The maximum atomic E-state index is 11.9. The van der Waals surface area contributed by atoms with E-state index in [9.17, 15) is 4.79 Å². The fraction of sp³-hybridized carbons (Fsp3) is 0.250. The van der Waals surface area contributed by atoms with E-state index in [0.29, 0.717) is 0 Å². The zero-order valence-electron chi connectivity index (χ0n) is 12.8. The molecule has 0 fully saturated rings. The average Bonchev–Trinajstić information content (AvgIpc) is 2.77. The van der Waals surface area contributed by atoms with Crippen molar-refractivity contribution in [3.05, 3.63) is 47.3 Å². The Hall–Kier alpha value is -2.56. The van der Waals surface area contributed by atoms with E-state index in [-0.39, 0.29) is 5.91 Å². The first-order valence-corrected chi connectivity index (χ1v) is 6.75. The maximum Gasteiger partial charge on any atom is 0.248 e. The highest BCUT2D eigenvalue weighted by Gasteiger charge is 2.07. The number of nitrogens with zero attached hydrogens (tertiary/aromatic N) is 2. The smallest absolute Gasteiger partial charge is 0.248 e. The van der Waals surface area contributed by atoms with Gasteiger partial charge in [0.1, 0.15) is 0 Å². The molecule has 5 nitrogen and oxygen atoms in total. The Bertz CT molecular complexity index is 634. The molecule has 1 heterocycles. The number of carbonyl (C=O) groups excluding carboxylic acids is 1. The first-order chi connectivity index (χ1) is 9.97. The van der Waals surface area contributed by atoms with Crippen LogP contribution in [0.5, 0.6) is 0 Å². The number of aromatic nitrogens is 2. The van der Waals surface area contributed by atoms with Gasteiger partial charge in [0, 0.05) is 25.9 Å². The van der Waals surface area contributed by atoms with Crippen molar-refractivity contribution in [1.82, 2.24) is 10.2 Å². The van der Waals surface area contributed by atoms with Crippen LogP contribution in [0.4, 0.5) is 11.4 Å². The summed E-state index contributed by atoms with van der Waals surface area (Å²) in [6.45, 7) is 3.72. The second-order valence-corrected chi connectivity index (χ2v) is 5.12. The van der Waals surface area contributed by atoms with Crippen LogP contribution in [0.1, 0.15) is 17.0 Å². The van der Waals surface area contributed by atoms with Gasteiger partial charge in [-0.1, -0.05) is 12.1 Å². The summed E-state index contributed by atoms with van der Waals surface area (Å²) in [6, 6.07) is 7.99. The topological polar surface area (TPSA) is 61.0 Å². The van der Waals surface area contributed by atoms with E-state index in [1.807, 2.05) is 57.1 Å². The van der Waals surface area contributed by atoms with E-state index in [2.05, 4.69) is 15.5 Å². The molecule has 2 rings (SSSR count). The standard InChI is InChI=1S/C16H20N4O/c1-11-16(12(2)19-18-11)17-15(21)10-7-13-5-8-14(9-6-13)20(3)4/h5-10H,1-4H3,(H,17,21)(H,18,19)/b10-7+. The minimum absolute atomic E-state index is 0.167. The summed E-state index contributed by atoms with van der Waals surface area (Å²) < 4.78 is 0. The number of H-pyrrole nitrogens is 1. The number of benzene rings is 1. The molecule has 1 aromatic carbocycles. The van der Waals surface area contributed by atoms with Crippen LogP contribution >= 0.6 is 0 Å². The van der Waals surface area contributed by atoms with E-state index >= 15 is 0 Å². The first-order valence-electron chi connectivity index (χ1n) is 6.75. The molecule has 0 unspecified atom stereocenters. The molecule has 0 aliphatic carbocycles. The van der Waals surface area contributed by atoms with Crippen LogP contribution in [-0.2, 0) is 4.79 Å². The molecular weight excluding hydrogens is 264 g/mol. The second-order valence-electron chi connectivity index (χ2n) is 5.12. The summed E-state index contributed by atoms with van der Waals surface area (Å²) in [7, 11) is 3.99. The van der Waals surface area contributed by atoms with Crippen LogP contribution in [0.25, 0.3) is 6.08 Å². The fourth-order valence-electron chi connectivity index (χ4n) is 1.96. The zero-order valence-corrected chi connectivity index (χ0v) is 12.8. The number of aryl methyl sites for hydroxylation is 2. The molecule has 0 aliphatic rings. The predicted octanol–water partition coefficient (Wildman–Crippen LogP) is 2.74. The number of amides is 1. The van der Waals surface area contributed by atoms with Gasteiger partial charge in [0.05, 0.1) is 17.1 Å². The number of anilines is 2. The molecule has 2 N–H and O–H groups in total. The molecule has 2 aromatic rings. The summed E-state index contributed by atoms with van der Waals surface area (Å²) in [5.74, 6) is -0.167. The molecule has 0 spiro atoms. The van der Waals surface area contributed by atoms with Gasteiger partial charge in [-0.05, 0) is 37.6 Å². The van der Waals surface area contributed by atoms with Crippen LogP contribution < -0.4 is 10.2 Å². The van der Waals surface area contributed by atoms with Gasteiger partial charge in [0.15, 0.2) is 0 Å². The molecule has 1 amide bonds.